The van der Waals surface area contributed by atoms with Crippen LogP contribution >= 0.6 is 0 Å². The third kappa shape index (κ3) is 5.21. The molecule has 1 saturated heterocycles. The number of aldehydes is 1. The van der Waals surface area contributed by atoms with Gasteiger partial charge in [0.1, 0.15) is 11.6 Å². The molecular weight excluding hydrogens is 371 g/mol. The summed E-state index contributed by atoms with van der Waals surface area (Å²) in [7, 11) is 0. The summed E-state index contributed by atoms with van der Waals surface area (Å²) in [6.07, 6.45) is 0.742. The van der Waals surface area contributed by atoms with E-state index in [9.17, 15) is 14.0 Å². The number of carbonyl (C=O) groups excluding carboxylic acids is 2. The summed E-state index contributed by atoms with van der Waals surface area (Å²) in [5.41, 5.74) is 2.46. The fourth-order valence-electron chi connectivity index (χ4n) is 3.70. The van der Waals surface area contributed by atoms with Crippen molar-refractivity contribution in [3.05, 3.63) is 65.0 Å². The van der Waals surface area contributed by atoms with Gasteiger partial charge in [-0.3, -0.25) is 14.5 Å². The molecule has 2 aromatic carbocycles. The van der Waals surface area contributed by atoms with Crippen LogP contribution in [0.5, 0.6) is 5.75 Å². The van der Waals surface area contributed by atoms with Gasteiger partial charge in [-0.05, 0) is 50.6 Å². The Morgan fingerprint density at radius 3 is 2.55 bits per heavy atom. The van der Waals surface area contributed by atoms with Crippen LogP contribution in [-0.2, 0) is 11.3 Å². The maximum Gasteiger partial charge on any atom is 0.260 e. The molecule has 0 unspecified atom stereocenters. The fourth-order valence-corrected chi connectivity index (χ4v) is 3.70. The number of hydrogen-bond acceptors (Lipinski definition) is 4. The molecule has 0 aromatic heterocycles. The van der Waals surface area contributed by atoms with Gasteiger partial charge in [-0.2, -0.15) is 0 Å². The average molecular weight is 398 g/mol. The van der Waals surface area contributed by atoms with Gasteiger partial charge in [-0.25, -0.2) is 4.39 Å². The molecule has 5 nitrogen and oxygen atoms in total. The highest BCUT2D eigenvalue weighted by molar-refractivity contribution is 5.81. The first-order chi connectivity index (χ1) is 13.9. The highest BCUT2D eigenvalue weighted by Gasteiger charge is 2.32. The van der Waals surface area contributed by atoms with Crippen molar-refractivity contribution < 1.29 is 18.7 Å². The van der Waals surface area contributed by atoms with Crippen LogP contribution in [0.25, 0.3) is 0 Å². The zero-order valence-corrected chi connectivity index (χ0v) is 17.1. The number of nitrogens with zero attached hydrogens (tertiary/aromatic N) is 2. The summed E-state index contributed by atoms with van der Waals surface area (Å²) in [6.45, 7) is 7.95. The van der Waals surface area contributed by atoms with E-state index in [1.807, 2.05) is 24.8 Å². The maximum absolute atomic E-state index is 13.1. The summed E-state index contributed by atoms with van der Waals surface area (Å²) in [4.78, 5) is 28.1. The molecule has 0 aliphatic carbocycles. The Bertz CT molecular complexity index is 869. The van der Waals surface area contributed by atoms with E-state index in [1.54, 1.807) is 24.3 Å². The second-order valence-corrected chi connectivity index (χ2v) is 7.75. The molecule has 29 heavy (non-hydrogen) atoms. The molecule has 0 radical (unpaired) electrons. The van der Waals surface area contributed by atoms with Crippen LogP contribution in [0.1, 0.15) is 35.3 Å². The van der Waals surface area contributed by atoms with E-state index in [-0.39, 0.29) is 30.4 Å². The van der Waals surface area contributed by atoms with Crippen LogP contribution in [0.2, 0.25) is 0 Å². The van der Waals surface area contributed by atoms with Gasteiger partial charge in [0.2, 0.25) is 0 Å². The fraction of sp³-hybridized carbons (Fsp3) is 0.391. The summed E-state index contributed by atoms with van der Waals surface area (Å²) < 4.78 is 18.8. The van der Waals surface area contributed by atoms with Crippen LogP contribution in [0.15, 0.2) is 42.5 Å². The SMILES string of the molecule is Cc1ccc(OCC(=O)N2C[C@H](C)N(Cc3ccc(F)cc3)C[C@H]2C)c(C=O)c1. The van der Waals surface area contributed by atoms with E-state index in [2.05, 4.69) is 11.8 Å². The van der Waals surface area contributed by atoms with Crippen LogP contribution in [0.3, 0.4) is 0 Å². The number of amides is 1. The molecular formula is C23H27FN2O3. The number of rotatable bonds is 6. The van der Waals surface area contributed by atoms with Crippen molar-refractivity contribution in [1.82, 2.24) is 9.80 Å². The summed E-state index contributed by atoms with van der Waals surface area (Å²) >= 11 is 0. The van der Waals surface area contributed by atoms with E-state index in [0.29, 0.717) is 17.9 Å². The van der Waals surface area contributed by atoms with Gasteiger partial charge >= 0.3 is 0 Å². The van der Waals surface area contributed by atoms with Crippen molar-refractivity contribution >= 4 is 12.2 Å². The quantitative estimate of drug-likeness (QED) is 0.700. The molecule has 1 aliphatic rings. The molecule has 1 aliphatic heterocycles. The largest absolute Gasteiger partial charge is 0.483 e. The molecule has 0 spiro atoms. The van der Waals surface area contributed by atoms with Gasteiger partial charge < -0.3 is 9.64 Å². The minimum Gasteiger partial charge on any atom is -0.483 e. The molecule has 1 heterocycles. The Morgan fingerprint density at radius 2 is 1.86 bits per heavy atom. The predicted octanol–water partition coefficient (Wildman–Crippen LogP) is 3.45. The van der Waals surface area contributed by atoms with Gasteiger partial charge in [0.05, 0.1) is 5.56 Å². The lowest BCUT2D eigenvalue weighted by Crippen LogP contribution is -2.58. The average Bonchev–Trinajstić information content (AvgIpc) is 2.70. The molecule has 6 heteroatoms. The third-order valence-corrected chi connectivity index (χ3v) is 5.38. The number of hydrogen-bond donors (Lipinski definition) is 0. The number of halogens is 1. The van der Waals surface area contributed by atoms with Crippen LogP contribution in [0, 0.1) is 12.7 Å². The van der Waals surface area contributed by atoms with E-state index in [4.69, 9.17) is 4.74 Å². The van der Waals surface area contributed by atoms with E-state index >= 15 is 0 Å². The molecule has 1 amide bonds. The number of piperazine rings is 1. The van der Waals surface area contributed by atoms with Gasteiger partial charge in [0, 0.05) is 31.7 Å². The summed E-state index contributed by atoms with van der Waals surface area (Å²) in [6, 6.07) is 12.1. The molecule has 0 bridgehead atoms. The Morgan fingerprint density at radius 1 is 1.14 bits per heavy atom. The first kappa shape index (κ1) is 21.0. The molecule has 3 rings (SSSR count). The monoisotopic (exact) mass is 398 g/mol. The Balaban J connectivity index is 1.58. The Kier molecular flexibility index (Phi) is 6.64. The normalized spacial score (nSPS) is 19.8. The topological polar surface area (TPSA) is 49.9 Å². The van der Waals surface area contributed by atoms with Gasteiger partial charge in [-0.1, -0.05) is 23.8 Å². The molecule has 154 valence electrons. The zero-order valence-electron chi connectivity index (χ0n) is 17.1. The third-order valence-electron chi connectivity index (χ3n) is 5.38. The standard InChI is InChI=1S/C23H27FN2O3/c1-16-4-9-22(20(10-16)14-27)29-15-23(28)26-12-17(2)25(11-18(26)3)13-19-5-7-21(24)8-6-19/h4-10,14,17-18H,11-13,15H2,1-3H3/t17-,18+/m0/s1. The van der Waals surface area contributed by atoms with Crippen molar-refractivity contribution in [2.24, 2.45) is 0 Å². The van der Waals surface area contributed by atoms with Gasteiger partial charge in [0.25, 0.3) is 5.91 Å². The lowest BCUT2D eigenvalue weighted by molar-refractivity contribution is -0.139. The predicted molar refractivity (Wildman–Crippen MR) is 110 cm³/mol. The van der Waals surface area contributed by atoms with E-state index in [0.717, 1.165) is 30.5 Å². The van der Waals surface area contributed by atoms with Crippen molar-refractivity contribution in [2.75, 3.05) is 19.7 Å². The van der Waals surface area contributed by atoms with E-state index in [1.165, 1.54) is 12.1 Å². The molecule has 0 saturated carbocycles. The number of ether oxygens (including phenoxy) is 1. The van der Waals surface area contributed by atoms with Crippen molar-refractivity contribution in [1.29, 1.82) is 0 Å². The molecule has 0 N–H and O–H groups in total. The number of aryl methyl sites for hydroxylation is 1. The summed E-state index contributed by atoms with van der Waals surface area (Å²) in [5, 5.41) is 0. The molecule has 2 aromatic rings. The highest BCUT2D eigenvalue weighted by atomic mass is 19.1. The first-order valence-corrected chi connectivity index (χ1v) is 9.84. The highest BCUT2D eigenvalue weighted by Crippen LogP contribution is 2.21. The number of carbonyl (C=O) groups is 2. The zero-order chi connectivity index (χ0) is 21.0. The smallest absolute Gasteiger partial charge is 0.260 e. The molecule has 2 atom stereocenters. The van der Waals surface area contributed by atoms with Crippen LogP contribution < -0.4 is 4.74 Å². The van der Waals surface area contributed by atoms with Crippen molar-refractivity contribution in [2.45, 2.75) is 39.4 Å². The van der Waals surface area contributed by atoms with Gasteiger partial charge in [0.15, 0.2) is 12.9 Å². The Hall–Kier alpha value is -2.73. The van der Waals surface area contributed by atoms with Gasteiger partial charge in [-0.15, -0.1) is 0 Å². The first-order valence-electron chi connectivity index (χ1n) is 9.84. The summed E-state index contributed by atoms with van der Waals surface area (Å²) in [5.74, 6) is 0.0923. The molecule has 1 fully saturated rings. The Labute approximate surface area is 171 Å². The maximum atomic E-state index is 13.1. The second kappa shape index (κ2) is 9.18. The van der Waals surface area contributed by atoms with Crippen molar-refractivity contribution in [3.8, 4) is 5.75 Å². The lowest BCUT2D eigenvalue weighted by Gasteiger charge is -2.44. The van der Waals surface area contributed by atoms with Crippen LogP contribution in [0.4, 0.5) is 4.39 Å². The van der Waals surface area contributed by atoms with E-state index < -0.39 is 0 Å². The lowest BCUT2D eigenvalue weighted by atomic mass is 10.1. The van der Waals surface area contributed by atoms with Crippen LogP contribution in [-0.4, -0.2) is 53.8 Å². The van der Waals surface area contributed by atoms with Crippen molar-refractivity contribution in [3.63, 3.8) is 0 Å². The number of benzene rings is 2. The minimum atomic E-state index is -0.239. The minimum absolute atomic E-state index is 0.0336. The second-order valence-electron chi connectivity index (χ2n) is 7.75.